The number of halogens is 1. The molecule has 1 heterocycles. The van der Waals surface area contributed by atoms with E-state index in [2.05, 4.69) is 10.3 Å². The van der Waals surface area contributed by atoms with Gasteiger partial charge >= 0.3 is 0 Å². The lowest BCUT2D eigenvalue weighted by molar-refractivity contribution is -0.116. The number of thiazole rings is 1. The summed E-state index contributed by atoms with van der Waals surface area (Å²) in [6.45, 7) is 3.29. The number of anilines is 1. The number of carbonyl (C=O) groups excluding carboxylic acids is 1. The molecule has 0 fully saturated rings. The van der Waals surface area contributed by atoms with Crippen molar-refractivity contribution in [2.75, 3.05) is 11.9 Å². The molecule has 0 saturated heterocycles. The molecule has 0 spiro atoms. The van der Waals surface area contributed by atoms with E-state index in [1.54, 1.807) is 30.3 Å². The maximum Gasteiger partial charge on any atom is 0.243 e. The normalized spacial score (nSPS) is 11.5. The van der Waals surface area contributed by atoms with Crippen LogP contribution in [0.3, 0.4) is 0 Å². The number of amides is 1. The van der Waals surface area contributed by atoms with Gasteiger partial charge in [-0.1, -0.05) is 42.0 Å². The first kappa shape index (κ1) is 24.7. The van der Waals surface area contributed by atoms with Crippen molar-refractivity contribution in [2.24, 2.45) is 0 Å². The summed E-state index contributed by atoms with van der Waals surface area (Å²) in [4.78, 5) is 17.5. The van der Waals surface area contributed by atoms with Gasteiger partial charge in [0, 0.05) is 23.2 Å². The van der Waals surface area contributed by atoms with Gasteiger partial charge in [-0.2, -0.15) is 4.31 Å². The molecule has 1 aromatic heterocycles. The second kappa shape index (κ2) is 10.5. The zero-order chi connectivity index (χ0) is 25.0. The Labute approximate surface area is 208 Å². The average Bonchev–Trinajstić information content (AvgIpc) is 3.27. The molecule has 0 aliphatic rings. The van der Waals surface area contributed by atoms with Gasteiger partial charge in [0.15, 0.2) is 0 Å². The van der Waals surface area contributed by atoms with Gasteiger partial charge in [-0.05, 0) is 55.8 Å². The highest BCUT2D eigenvalue weighted by molar-refractivity contribution is 7.89. The van der Waals surface area contributed by atoms with Crippen LogP contribution in [0.2, 0.25) is 0 Å². The predicted octanol–water partition coefficient (Wildman–Crippen LogP) is 5.40. The third-order valence-corrected chi connectivity index (χ3v) is 7.89. The summed E-state index contributed by atoms with van der Waals surface area (Å²) >= 11 is 1.54. The first-order valence-electron chi connectivity index (χ1n) is 10.8. The van der Waals surface area contributed by atoms with Gasteiger partial charge in [0.05, 0.1) is 22.1 Å². The Morgan fingerprint density at radius 3 is 2.40 bits per heavy atom. The van der Waals surface area contributed by atoms with E-state index in [9.17, 15) is 17.6 Å². The lowest BCUT2D eigenvalue weighted by Crippen LogP contribution is -2.37. The van der Waals surface area contributed by atoms with Gasteiger partial charge in [0.1, 0.15) is 5.82 Å². The van der Waals surface area contributed by atoms with Gasteiger partial charge in [0.2, 0.25) is 15.9 Å². The molecule has 0 atom stereocenters. The summed E-state index contributed by atoms with van der Waals surface area (Å²) in [6.07, 6.45) is 0. The average molecular weight is 510 g/mol. The highest BCUT2D eigenvalue weighted by Crippen LogP contribution is 2.25. The van der Waals surface area contributed by atoms with Crippen molar-refractivity contribution < 1.29 is 17.6 Å². The number of aryl methyl sites for hydroxylation is 2. The summed E-state index contributed by atoms with van der Waals surface area (Å²) in [5.74, 6) is -0.913. The first-order valence-corrected chi connectivity index (χ1v) is 13.2. The van der Waals surface area contributed by atoms with Crippen molar-refractivity contribution in [3.63, 3.8) is 0 Å². The summed E-state index contributed by atoms with van der Waals surface area (Å²) in [7, 11) is -3.99. The van der Waals surface area contributed by atoms with Crippen molar-refractivity contribution in [1.29, 1.82) is 0 Å². The largest absolute Gasteiger partial charge is 0.325 e. The van der Waals surface area contributed by atoms with Gasteiger partial charge in [-0.3, -0.25) is 4.79 Å². The molecule has 1 N–H and O–H groups in total. The molecule has 0 saturated carbocycles. The van der Waals surface area contributed by atoms with E-state index in [1.807, 2.05) is 25.3 Å². The molecule has 0 unspecified atom stereocenters. The van der Waals surface area contributed by atoms with Crippen LogP contribution in [-0.4, -0.2) is 30.2 Å². The zero-order valence-corrected chi connectivity index (χ0v) is 20.9. The van der Waals surface area contributed by atoms with Crippen LogP contribution in [0.4, 0.5) is 10.1 Å². The monoisotopic (exact) mass is 509 g/mol. The summed E-state index contributed by atoms with van der Waals surface area (Å²) < 4.78 is 41.3. The molecular formula is C26H24FN3O3S2. The van der Waals surface area contributed by atoms with E-state index in [1.165, 1.54) is 47.7 Å². The molecule has 0 bridgehead atoms. The van der Waals surface area contributed by atoms with Crippen molar-refractivity contribution in [1.82, 2.24) is 9.29 Å². The highest BCUT2D eigenvalue weighted by Gasteiger charge is 2.27. The van der Waals surface area contributed by atoms with Crippen molar-refractivity contribution in [3.05, 3.63) is 100 Å². The Bertz CT molecular complexity index is 1430. The molecule has 1 amide bonds. The van der Waals surface area contributed by atoms with Gasteiger partial charge in [-0.25, -0.2) is 17.8 Å². The van der Waals surface area contributed by atoms with Crippen LogP contribution in [0.5, 0.6) is 0 Å². The number of sulfonamides is 1. The Morgan fingerprint density at radius 2 is 1.74 bits per heavy atom. The molecule has 6 nitrogen and oxygen atoms in total. The number of benzene rings is 3. The fraction of sp³-hybridized carbons (Fsp3) is 0.154. The number of hydrogen-bond donors (Lipinski definition) is 1. The minimum Gasteiger partial charge on any atom is -0.325 e. The molecule has 3 aromatic carbocycles. The van der Waals surface area contributed by atoms with Crippen LogP contribution in [-0.2, 0) is 21.4 Å². The summed E-state index contributed by atoms with van der Waals surface area (Å²) in [5, 5.41) is 5.66. The summed E-state index contributed by atoms with van der Waals surface area (Å²) in [5.41, 5.74) is 3.68. The number of nitrogens with one attached hydrogen (secondary N) is 1. The molecular weight excluding hydrogens is 485 g/mol. The molecule has 0 radical (unpaired) electrons. The minimum atomic E-state index is -3.99. The molecule has 0 aliphatic carbocycles. The zero-order valence-electron chi connectivity index (χ0n) is 19.2. The van der Waals surface area contributed by atoms with Gasteiger partial charge in [-0.15, -0.1) is 11.3 Å². The van der Waals surface area contributed by atoms with Crippen molar-refractivity contribution in [3.8, 4) is 11.3 Å². The SMILES string of the molecule is Cc1ccc(S(=O)(=O)N(CC(=O)Nc2cccc(-c3csc(C)n3)c2)Cc2ccc(F)cc2)cc1. The van der Waals surface area contributed by atoms with E-state index in [4.69, 9.17) is 0 Å². The lowest BCUT2D eigenvalue weighted by Gasteiger charge is -2.22. The Hall–Kier alpha value is -3.40. The molecule has 35 heavy (non-hydrogen) atoms. The smallest absolute Gasteiger partial charge is 0.243 e. The molecule has 4 rings (SSSR count). The van der Waals surface area contributed by atoms with Crippen molar-refractivity contribution in [2.45, 2.75) is 25.3 Å². The first-order chi connectivity index (χ1) is 16.7. The quantitative estimate of drug-likeness (QED) is 0.345. The van der Waals surface area contributed by atoms with E-state index in [0.717, 1.165) is 26.1 Å². The maximum atomic E-state index is 13.4. The van der Waals surface area contributed by atoms with E-state index in [-0.39, 0.29) is 11.4 Å². The second-order valence-corrected chi connectivity index (χ2v) is 11.1. The second-order valence-electron chi connectivity index (χ2n) is 8.09. The Kier molecular flexibility index (Phi) is 7.39. The molecule has 4 aromatic rings. The topological polar surface area (TPSA) is 79.4 Å². The minimum absolute atomic E-state index is 0.0813. The molecule has 0 aliphatic heterocycles. The van der Waals surface area contributed by atoms with Crippen LogP contribution >= 0.6 is 11.3 Å². The lowest BCUT2D eigenvalue weighted by atomic mass is 10.1. The third kappa shape index (κ3) is 6.19. The Balaban J connectivity index is 1.57. The van der Waals surface area contributed by atoms with E-state index in [0.29, 0.717) is 11.3 Å². The fourth-order valence-corrected chi connectivity index (χ4v) is 5.50. The maximum absolute atomic E-state index is 13.4. The highest BCUT2D eigenvalue weighted by atomic mass is 32.2. The summed E-state index contributed by atoms with van der Waals surface area (Å²) in [6, 6.07) is 19.2. The van der Waals surface area contributed by atoms with Crippen LogP contribution < -0.4 is 5.32 Å². The fourth-order valence-electron chi connectivity index (χ4n) is 3.49. The number of hydrogen-bond acceptors (Lipinski definition) is 5. The Morgan fingerprint density at radius 1 is 1.03 bits per heavy atom. The van der Waals surface area contributed by atoms with Crippen LogP contribution in [0.15, 0.2) is 83.1 Å². The van der Waals surface area contributed by atoms with Gasteiger partial charge < -0.3 is 5.32 Å². The number of rotatable bonds is 8. The number of carbonyl (C=O) groups is 1. The van der Waals surface area contributed by atoms with Gasteiger partial charge in [0.25, 0.3) is 0 Å². The van der Waals surface area contributed by atoms with E-state index < -0.39 is 28.3 Å². The number of aromatic nitrogens is 1. The van der Waals surface area contributed by atoms with Crippen molar-refractivity contribution >= 4 is 33.0 Å². The van der Waals surface area contributed by atoms with Crippen LogP contribution in [0, 0.1) is 19.7 Å². The molecule has 180 valence electrons. The third-order valence-electron chi connectivity index (χ3n) is 5.31. The van der Waals surface area contributed by atoms with Crippen LogP contribution in [0.1, 0.15) is 16.1 Å². The number of nitrogens with zero attached hydrogens (tertiary/aromatic N) is 2. The van der Waals surface area contributed by atoms with Crippen LogP contribution in [0.25, 0.3) is 11.3 Å². The standard InChI is InChI=1S/C26H24FN3O3S2/c1-18-6-12-24(13-7-18)35(32,33)30(15-20-8-10-22(27)11-9-20)16-26(31)29-23-5-3-4-21(14-23)25-17-34-19(2)28-25/h3-14,17H,15-16H2,1-2H3,(H,29,31). The predicted molar refractivity (Wildman–Crippen MR) is 136 cm³/mol. The molecule has 9 heteroatoms. The van der Waals surface area contributed by atoms with E-state index >= 15 is 0 Å².